The third-order valence-electron chi connectivity index (χ3n) is 5.41. The van der Waals surface area contributed by atoms with Crippen LogP contribution in [-0.2, 0) is 16.1 Å². The molecule has 2 aromatic carbocycles. The summed E-state index contributed by atoms with van der Waals surface area (Å²) in [5.74, 6) is -0.00410. The minimum atomic E-state index is -0.256. The zero-order chi connectivity index (χ0) is 20.3. The van der Waals surface area contributed by atoms with E-state index in [0.717, 1.165) is 44.5 Å². The van der Waals surface area contributed by atoms with Gasteiger partial charge in [-0.05, 0) is 30.4 Å². The van der Waals surface area contributed by atoms with E-state index in [1.807, 2.05) is 30.3 Å². The minimum Gasteiger partial charge on any atom is -0.378 e. The van der Waals surface area contributed by atoms with Crippen LogP contribution in [0.2, 0.25) is 0 Å². The maximum Gasteiger partial charge on any atom is 0.221 e. The molecule has 1 amide bonds. The Kier molecular flexibility index (Phi) is 13.5. The Morgan fingerprint density at radius 2 is 1.65 bits per heavy atom. The molecule has 7 heteroatoms. The highest BCUT2D eigenvalue weighted by atomic mass is 35.5. The van der Waals surface area contributed by atoms with Crippen molar-refractivity contribution in [1.29, 1.82) is 0 Å². The van der Waals surface area contributed by atoms with Gasteiger partial charge >= 0.3 is 0 Å². The number of carbonyl (C=O) groups excluding carboxylic acids is 1. The summed E-state index contributed by atoms with van der Waals surface area (Å²) in [5, 5.41) is 2.95. The molecule has 3 N–H and O–H groups in total. The van der Waals surface area contributed by atoms with Crippen molar-refractivity contribution in [3.8, 4) is 0 Å². The second-order valence-electron chi connectivity index (χ2n) is 7.76. The van der Waals surface area contributed by atoms with Gasteiger partial charge in [-0.3, -0.25) is 9.69 Å². The zero-order valence-electron chi connectivity index (χ0n) is 17.9. The van der Waals surface area contributed by atoms with Crippen molar-refractivity contribution in [2.24, 2.45) is 5.73 Å². The van der Waals surface area contributed by atoms with E-state index < -0.39 is 0 Å². The molecular weight excluding hydrogens is 433 g/mol. The van der Waals surface area contributed by atoms with Gasteiger partial charge < -0.3 is 15.8 Å². The zero-order valence-corrected chi connectivity index (χ0v) is 19.6. The molecule has 3 rings (SSSR count). The average molecular weight is 468 g/mol. The fourth-order valence-corrected chi connectivity index (χ4v) is 3.72. The quantitative estimate of drug-likeness (QED) is 0.515. The lowest BCUT2D eigenvalue weighted by Gasteiger charge is -2.32. The summed E-state index contributed by atoms with van der Waals surface area (Å²) in [5.41, 5.74) is 8.45. The molecule has 1 saturated heterocycles. The predicted octanol–water partition coefficient (Wildman–Crippen LogP) is 4.11. The van der Waals surface area contributed by atoms with Gasteiger partial charge in [0.15, 0.2) is 0 Å². The first-order valence-electron chi connectivity index (χ1n) is 10.7. The molecule has 1 atom stereocenters. The fraction of sp³-hybridized carbons (Fsp3) is 0.458. The molecule has 1 aliphatic heterocycles. The first-order valence-corrected chi connectivity index (χ1v) is 10.7. The summed E-state index contributed by atoms with van der Waals surface area (Å²) < 4.78 is 6.01. The van der Waals surface area contributed by atoms with E-state index in [1.54, 1.807) is 0 Å². The number of nitrogens with zero attached hydrogens (tertiary/aromatic N) is 1. The molecule has 0 aliphatic carbocycles. The molecule has 0 bridgehead atoms. The fourth-order valence-electron chi connectivity index (χ4n) is 3.72. The molecule has 1 fully saturated rings. The first kappa shape index (κ1) is 27.4. The first-order chi connectivity index (χ1) is 14.2. The number of likely N-dealkylation sites (tertiary alicyclic amines) is 1. The van der Waals surface area contributed by atoms with Gasteiger partial charge in [0.2, 0.25) is 5.91 Å². The van der Waals surface area contributed by atoms with Crippen LogP contribution < -0.4 is 11.1 Å². The molecule has 0 radical (unpaired) electrons. The second kappa shape index (κ2) is 15.2. The Bertz CT molecular complexity index is 726. The van der Waals surface area contributed by atoms with Crippen molar-refractivity contribution < 1.29 is 9.53 Å². The summed E-state index contributed by atoms with van der Waals surface area (Å²) in [6.07, 6.45) is 3.63. The standard InChI is InChI=1S/C24H33N3O2.2ClH/c25-23(21-10-5-2-6-11-21)18-24(28)26-14-7-17-29-22-12-15-27(16-13-22)19-20-8-3-1-4-9-20;;/h1-6,8-11,22-23H,7,12-19,25H2,(H,26,28);2*1H. The van der Waals surface area contributed by atoms with Crippen molar-refractivity contribution in [2.45, 2.75) is 44.4 Å². The number of nitrogens with two attached hydrogens (primary N) is 1. The van der Waals surface area contributed by atoms with Gasteiger partial charge in [0.05, 0.1) is 6.10 Å². The van der Waals surface area contributed by atoms with Crippen LogP contribution in [0.15, 0.2) is 60.7 Å². The molecule has 0 saturated carbocycles. The summed E-state index contributed by atoms with van der Waals surface area (Å²) in [4.78, 5) is 14.5. The van der Waals surface area contributed by atoms with Crippen LogP contribution in [0.4, 0.5) is 0 Å². The molecule has 5 nitrogen and oxygen atoms in total. The number of hydrogen-bond donors (Lipinski definition) is 2. The topological polar surface area (TPSA) is 67.6 Å². The van der Waals surface area contributed by atoms with E-state index in [0.29, 0.717) is 25.7 Å². The summed E-state index contributed by atoms with van der Waals surface area (Å²) >= 11 is 0. The molecule has 172 valence electrons. The Labute approximate surface area is 198 Å². The van der Waals surface area contributed by atoms with Gasteiger partial charge in [0.1, 0.15) is 0 Å². The third-order valence-corrected chi connectivity index (χ3v) is 5.41. The number of amides is 1. The number of piperidine rings is 1. The molecule has 1 unspecified atom stereocenters. The van der Waals surface area contributed by atoms with E-state index in [1.165, 1.54) is 5.56 Å². The van der Waals surface area contributed by atoms with Gasteiger partial charge in [-0.15, -0.1) is 24.8 Å². The summed E-state index contributed by atoms with van der Waals surface area (Å²) in [6.45, 7) is 4.49. The van der Waals surface area contributed by atoms with Crippen molar-refractivity contribution in [3.63, 3.8) is 0 Å². The molecule has 2 aromatic rings. The number of benzene rings is 2. The van der Waals surface area contributed by atoms with E-state index in [2.05, 4.69) is 40.5 Å². The van der Waals surface area contributed by atoms with Crippen LogP contribution in [0.25, 0.3) is 0 Å². The number of carbonyl (C=O) groups is 1. The van der Waals surface area contributed by atoms with Crippen LogP contribution in [0.5, 0.6) is 0 Å². The maximum absolute atomic E-state index is 12.0. The maximum atomic E-state index is 12.0. The second-order valence-corrected chi connectivity index (χ2v) is 7.76. The largest absolute Gasteiger partial charge is 0.378 e. The minimum absolute atomic E-state index is 0. The number of ether oxygens (including phenoxy) is 1. The third kappa shape index (κ3) is 10.0. The van der Waals surface area contributed by atoms with Crippen LogP contribution in [0.1, 0.15) is 42.9 Å². The highest BCUT2D eigenvalue weighted by Gasteiger charge is 2.19. The van der Waals surface area contributed by atoms with Crippen molar-refractivity contribution in [3.05, 3.63) is 71.8 Å². The molecule has 31 heavy (non-hydrogen) atoms. The SMILES string of the molecule is Cl.Cl.NC(CC(=O)NCCCOC1CCN(Cc2ccccc2)CC1)c1ccccc1. The van der Waals surface area contributed by atoms with E-state index >= 15 is 0 Å². The summed E-state index contributed by atoms with van der Waals surface area (Å²) in [7, 11) is 0. The highest BCUT2D eigenvalue weighted by molar-refractivity contribution is 5.85. The lowest BCUT2D eigenvalue weighted by atomic mass is 10.0. The van der Waals surface area contributed by atoms with Gasteiger partial charge in [-0.25, -0.2) is 0 Å². The Hall–Kier alpha value is -1.63. The van der Waals surface area contributed by atoms with Crippen LogP contribution in [0.3, 0.4) is 0 Å². The molecule has 1 heterocycles. The molecule has 0 aromatic heterocycles. The highest BCUT2D eigenvalue weighted by Crippen LogP contribution is 2.16. The normalized spacial score (nSPS) is 15.4. The van der Waals surface area contributed by atoms with E-state index in [4.69, 9.17) is 10.5 Å². The Balaban J connectivity index is 0.00000240. The molecule has 0 spiro atoms. The lowest BCUT2D eigenvalue weighted by Crippen LogP contribution is -2.37. The van der Waals surface area contributed by atoms with Crippen LogP contribution >= 0.6 is 24.8 Å². The average Bonchev–Trinajstić information content (AvgIpc) is 2.76. The molecular formula is C24H35Cl2N3O2. The van der Waals surface area contributed by atoms with Crippen LogP contribution in [-0.4, -0.2) is 43.2 Å². The number of rotatable bonds is 10. The Morgan fingerprint density at radius 3 is 2.29 bits per heavy atom. The van der Waals surface area contributed by atoms with E-state index in [-0.39, 0.29) is 36.8 Å². The van der Waals surface area contributed by atoms with Crippen molar-refractivity contribution >= 4 is 30.7 Å². The number of nitrogens with one attached hydrogen (secondary N) is 1. The molecule has 1 aliphatic rings. The lowest BCUT2D eigenvalue weighted by molar-refractivity contribution is -0.121. The Morgan fingerprint density at radius 1 is 1.03 bits per heavy atom. The van der Waals surface area contributed by atoms with E-state index in [9.17, 15) is 4.79 Å². The smallest absolute Gasteiger partial charge is 0.221 e. The van der Waals surface area contributed by atoms with Crippen LogP contribution in [0, 0.1) is 0 Å². The monoisotopic (exact) mass is 467 g/mol. The van der Waals surface area contributed by atoms with Crippen molar-refractivity contribution in [1.82, 2.24) is 10.2 Å². The van der Waals surface area contributed by atoms with Gasteiger partial charge in [-0.1, -0.05) is 60.7 Å². The van der Waals surface area contributed by atoms with Crippen molar-refractivity contribution in [2.75, 3.05) is 26.2 Å². The van der Waals surface area contributed by atoms with Gasteiger partial charge in [0.25, 0.3) is 0 Å². The number of hydrogen-bond acceptors (Lipinski definition) is 4. The number of halogens is 2. The predicted molar refractivity (Wildman–Crippen MR) is 131 cm³/mol. The summed E-state index contributed by atoms with van der Waals surface area (Å²) in [6, 6.07) is 20.1. The van der Waals surface area contributed by atoms with Gasteiger partial charge in [-0.2, -0.15) is 0 Å². The van der Waals surface area contributed by atoms with Gasteiger partial charge in [0, 0.05) is 45.2 Å².